The number of esters is 1. The van der Waals surface area contributed by atoms with Crippen LogP contribution in [0.25, 0.3) is 0 Å². The van der Waals surface area contributed by atoms with Gasteiger partial charge in [0.15, 0.2) is 0 Å². The second-order valence-electron chi connectivity index (χ2n) is 12.0. The molecule has 41 heavy (non-hydrogen) atoms. The first kappa shape index (κ1) is 29.5. The van der Waals surface area contributed by atoms with Crippen LogP contribution in [0.4, 0.5) is 0 Å². The molecule has 2 amide bonds. The van der Waals surface area contributed by atoms with Gasteiger partial charge in [-0.3, -0.25) is 14.4 Å². The Balaban J connectivity index is 1.61. The van der Waals surface area contributed by atoms with E-state index < -0.39 is 41.1 Å². The average Bonchev–Trinajstić information content (AvgIpc) is 3.61. The second kappa shape index (κ2) is 12.1. The Morgan fingerprint density at radius 1 is 1.17 bits per heavy atom. The molecule has 1 aliphatic carbocycles. The van der Waals surface area contributed by atoms with Crippen molar-refractivity contribution in [2.75, 3.05) is 19.8 Å². The van der Waals surface area contributed by atoms with E-state index in [0.717, 1.165) is 37.7 Å². The van der Waals surface area contributed by atoms with Crippen LogP contribution >= 0.6 is 0 Å². The van der Waals surface area contributed by atoms with Crippen molar-refractivity contribution >= 4 is 17.8 Å². The van der Waals surface area contributed by atoms with E-state index in [1.165, 1.54) is 0 Å². The van der Waals surface area contributed by atoms with Crippen molar-refractivity contribution in [3.63, 3.8) is 0 Å². The summed E-state index contributed by atoms with van der Waals surface area (Å²) in [5, 5.41) is 10.7. The van der Waals surface area contributed by atoms with Gasteiger partial charge in [0, 0.05) is 12.6 Å². The normalized spacial score (nSPS) is 31.5. The van der Waals surface area contributed by atoms with Gasteiger partial charge >= 0.3 is 5.97 Å². The summed E-state index contributed by atoms with van der Waals surface area (Å²) in [5.74, 6) is -2.66. The van der Waals surface area contributed by atoms with Gasteiger partial charge in [-0.2, -0.15) is 0 Å². The quantitative estimate of drug-likeness (QED) is 0.231. The van der Waals surface area contributed by atoms with Crippen molar-refractivity contribution in [1.29, 1.82) is 0 Å². The Bertz CT molecular complexity index is 1150. The molecule has 222 valence electrons. The maximum atomic E-state index is 14.8. The number of aliphatic hydroxyl groups excluding tert-OH is 1. The molecule has 3 aliphatic heterocycles. The maximum Gasteiger partial charge on any atom is 0.312 e. The lowest BCUT2D eigenvalue weighted by atomic mass is 9.65. The van der Waals surface area contributed by atoms with Gasteiger partial charge in [0.25, 0.3) is 0 Å². The van der Waals surface area contributed by atoms with Gasteiger partial charge in [-0.25, -0.2) is 0 Å². The highest BCUT2D eigenvalue weighted by Gasteiger charge is 2.79. The van der Waals surface area contributed by atoms with E-state index in [4.69, 9.17) is 9.47 Å². The van der Waals surface area contributed by atoms with Crippen molar-refractivity contribution < 1.29 is 29.0 Å². The number of carbonyl (C=O) groups is 3. The summed E-state index contributed by atoms with van der Waals surface area (Å²) >= 11 is 0. The summed E-state index contributed by atoms with van der Waals surface area (Å²) in [7, 11) is 0. The Morgan fingerprint density at radius 3 is 2.54 bits per heavy atom. The number of rotatable bonds is 12. The molecule has 4 fully saturated rings. The average molecular weight is 565 g/mol. The fraction of sp³-hybridized carbons (Fsp3) is 0.606. The SMILES string of the molecule is C=CCCOC(=O)[C@H]1[C@H]2C(=O)N([C@H](CO)c3ccccc3)C(C(=O)N(CC=C)C3CCCCC3)C23CC[C@]1(CC)O3. The molecule has 3 heterocycles. The molecule has 1 N–H and O–H groups in total. The number of carbonyl (C=O) groups excluding carboxylic acids is 3. The molecule has 8 nitrogen and oxygen atoms in total. The first-order valence-corrected chi connectivity index (χ1v) is 15.3. The molecule has 5 rings (SSSR count). The zero-order chi connectivity index (χ0) is 29.2. The summed E-state index contributed by atoms with van der Waals surface area (Å²) in [6, 6.07) is 7.62. The predicted molar refractivity (Wildman–Crippen MR) is 155 cm³/mol. The van der Waals surface area contributed by atoms with Crippen LogP contribution in [0.15, 0.2) is 55.6 Å². The monoisotopic (exact) mass is 564 g/mol. The highest BCUT2D eigenvalue weighted by molar-refractivity contribution is 5.99. The molecule has 3 saturated heterocycles. The summed E-state index contributed by atoms with van der Waals surface area (Å²) in [5.41, 5.74) is -1.32. The van der Waals surface area contributed by atoms with Gasteiger partial charge in [-0.1, -0.05) is 68.7 Å². The number of ether oxygens (including phenoxy) is 2. The van der Waals surface area contributed by atoms with Crippen molar-refractivity contribution in [2.24, 2.45) is 11.8 Å². The van der Waals surface area contributed by atoms with Crippen molar-refractivity contribution in [2.45, 2.75) is 94.0 Å². The van der Waals surface area contributed by atoms with E-state index in [9.17, 15) is 19.5 Å². The van der Waals surface area contributed by atoms with Crippen LogP contribution in [0.1, 0.15) is 76.3 Å². The lowest BCUT2D eigenvalue weighted by molar-refractivity contribution is -0.164. The van der Waals surface area contributed by atoms with Gasteiger partial charge in [0.2, 0.25) is 11.8 Å². The lowest BCUT2D eigenvalue weighted by Crippen LogP contribution is -2.59. The standard InChI is InChI=1S/C33H44N2O6/c1-4-7-21-40-31(39)27-26-29(37)35(25(22-36)23-14-10-8-11-15-23)28(33(26)19-18-32(27,6-3)41-33)30(38)34(20-5-2)24-16-12-9-13-17-24/h4-5,8,10-11,14-15,24-28,36H,1-2,6-7,9,12-13,16-22H2,3H3/t25-,26+,27-,28?,32+,33?/m1/s1. The lowest BCUT2D eigenvalue weighted by Gasteiger charge is -2.42. The molecule has 0 aromatic heterocycles. The van der Waals surface area contributed by atoms with Crippen LogP contribution in [-0.2, 0) is 23.9 Å². The van der Waals surface area contributed by atoms with E-state index in [-0.39, 0.29) is 31.1 Å². The smallest absolute Gasteiger partial charge is 0.312 e. The minimum Gasteiger partial charge on any atom is -0.465 e. The Kier molecular flexibility index (Phi) is 8.71. The van der Waals surface area contributed by atoms with E-state index in [1.807, 2.05) is 42.2 Å². The number of hydrogen-bond acceptors (Lipinski definition) is 6. The number of amides is 2. The third-order valence-electron chi connectivity index (χ3n) is 9.99. The predicted octanol–water partition coefficient (Wildman–Crippen LogP) is 4.34. The molecule has 1 aromatic carbocycles. The zero-order valence-corrected chi connectivity index (χ0v) is 24.2. The maximum absolute atomic E-state index is 14.8. The molecular formula is C33H44N2O6. The second-order valence-corrected chi connectivity index (χ2v) is 12.0. The van der Waals surface area contributed by atoms with E-state index >= 15 is 0 Å². The fourth-order valence-corrected chi connectivity index (χ4v) is 8.10. The highest BCUT2D eigenvalue weighted by Crippen LogP contribution is 2.65. The molecule has 1 spiro atoms. The third-order valence-corrected chi connectivity index (χ3v) is 9.99. The number of fused-ring (bicyclic) bond motifs is 1. The summed E-state index contributed by atoms with van der Waals surface area (Å²) in [6.45, 7) is 9.78. The van der Waals surface area contributed by atoms with Crippen LogP contribution in [0.2, 0.25) is 0 Å². The first-order valence-electron chi connectivity index (χ1n) is 15.3. The van der Waals surface area contributed by atoms with Crippen molar-refractivity contribution in [3.05, 3.63) is 61.2 Å². The van der Waals surface area contributed by atoms with Gasteiger partial charge in [0.1, 0.15) is 17.6 Å². The summed E-state index contributed by atoms with van der Waals surface area (Å²) in [6.07, 6.45) is 10.5. The van der Waals surface area contributed by atoms with Crippen LogP contribution in [0, 0.1) is 11.8 Å². The molecule has 4 aliphatic rings. The van der Waals surface area contributed by atoms with Gasteiger partial charge in [-0.15, -0.1) is 13.2 Å². The molecule has 6 atom stereocenters. The molecule has 2 unspecified atom stereocenters. The van der Waals surface area contributed by atoms with Gasteiger partial charge in [0.05, 0.1) is 30.8 Å². The molecular weight excluding hydrogens is 520 g/mol. The minimum absolute atomic E-state index is 0.0457. The summed E-state index contributed by atoms with van der Waals surface area (Å²) in [4.78, 5) is 46.6. The largest absolute Gasteiger partial charge is 0.465 e. The van der Waals surface area contributed by atoms with Crippen LogP contribution < -0.4 is 0 Å². The molecule has 8 heteroatoms. The Morgan fingerprint density at radius 2 is 1.90 bits per heavy atom. The number of aliphatic hydroxyl groups is 1. The van der Waals surface area contributed by atoms with E-state index in [1.54, 1.807) is 17.1 Å². The Labute approximate surface area is 243 Å². The van der Waals surface area contributed by atoms with Crippen molar-refractivity contribution in [3.8, 4) is 0 Å². The summed E-state index contributed by atoms with van der Waals surface area (Å²) < 4.78 is 12.6. The highest BCUT2D eigenvalue weighted by atomic mass is 16.6. The molecule has 1 aromatic rings. The fourth-order valence-electron chi connectivity index (χ4n) is 8.10. The van der Waals surface area contributed by atoms with E-state index in [2.05, 4.69) is 13.2 Å². The van der Waals surface area contributed by atoms with Crippen molar-refractivity contribution in [1.82, 2.24) is 9.80 Å². The first-order chi connectivity index (χ1) is 19.9. The zero-order valence-electron chi connectivity index (χ0n) is 24.2. The van der Waals surface area contributed by atoms with E-state index in [0.29, 0.717) is 32.2 Å². The van der Waals surface area contributed by atoms with Gasteiger partial charge in [-0.05, 0) is 44.1 Å². The number of hydrogen-bond donors (Lipinski definition) is 1. The Hall–Kier alpha value is -2.97. The number of likely N-dealkylation sites (tertiary alicyclic amines) is 1. The van der Waals surface area contributed by atoms with Crippen LogP contribution in [0.5, 0.6) is 0 Å². The topological polar surface area (TPSA) is 96.4 Å². The molecule has 1 saturated carbocycles. The third kappa shape index (κ3) is 4.83. The number of nitrogens with zero attached hydrogens (tertiary/aromatic N) is 2. The minimum atomic E-state index is -1.18. The van der Waals surface area contributed by atoms with Crippen LogP contribution in [0.3, 0.4) is 0 Å². The molecule has 0 radical (unpaired) electrons. The van der Waals surface area contributed by atoms with Gasteiger partial charge < -0.3 is 24.4 Å². The number of benzene rings is 1. The molecule has 2 bridgehead atoms. The van der Waals surface area contributed by atoms with Crippen LogP contribution in [-0.4, -0.2) is 75.7 Å².